The Morgan fingerprint density at radius 1 is 1.12 bits per heavy atom. The topological polar surface area (TPSA) is 58.1 Å². The summed E-state index contributed by atoms with van der Waals surface area (Å²) in [5.41, 5.74) is 2.38. The van der Waals surface area contributed by atoms with Crippen molar-refractivity contribution < 1.29 is 4.79 Å². The number of carbonyl (C=O) groups is 1. The van der Waals surface area contributed by atoms with Crippen LogP contribution in [0.25, 0.3) is 10.9 Å². The van der Waals surface area contributed by atoms with Gasteiger partial charge in [-0.05, 0) is 36.8 Å². The van der Waals surface area contributed by atoms with Gasteiger partial charge in [0.2, 0.25) is 0 Å². The average molecular weight is 334 g/mol. The lowest BCUT2D eigenvalue weighted by atomic mass is 10.1. The molecular formula is C20H22N4O. The van der Waals surface area contributed by atoms with Crippen molar-refractivity contribution in [1.29, 1.82) is 0 Å². The SMILES string of the molecule is CCCCN(C)C(=O)c1cccc(Nc2ncnc3ccccc23)c1. The number of hydrogen-bond acceptors (Lipinski definition) is 4. The Bertz CT molecular complexity index is 873. The Morgan fingerprint density at radius 2 is 1.96 bits per heavy atom. The molecule has 0 saturated carbocycles. The first-order valence-electron chi connectivity index (χ1n) is 8.51. The van der Waals surface area contributed by atoms with Crippen molar-refractivity contribution >= 4 is 28.3 Å². The lowest BCUT2D eigenvalue weighted by Gasteiger charge is -2.17. The van der Waals surface area contributed by atoms with Crippen LogP contribution >= 0.6 is 0 Å². The van der Waals surface area contributed by atoms with Crippen molar-refractivity contribution in [1.82, 2.24) is 14.9 Å². The molecule has 0 aliphatic rings. The van der Waals surface area contributed by atoms with Gasteiger partial charge in [-0.3, -0.25) is 4.79 Å². The zero-order chi connectivity index (χ0) is 17.6. The second-order valence-corrected chi connectivity index (χ2v) is 6.03. The molecule has 5 heteroatoms. The minimum atomic E-state index is 0.0321. The van der Waals surface area contributed by atoms with Crippen molar-refractivity contribution in [2.75, 3.05) is 18.9 Å². The number of benzene rings is 2. The third kappa shape index (κ3) is 3.94. The number of rotatable bonds is 6. The zero-order valence-corrected chi connectivity index (χ0v) is 14.6. The van der Waals surface area contributed by atoms with Crippen LogP contribution in [-0.2, 0) is 0 Å². The largest absolute Gasteiger partial charge is 0.342 e. The molecule has 1 heterocycles. The Morgan fingerprint density at radius 3 is 2.80 bits per heavy atom. The molecule has 0 aliphatic heterocycles. The summed E-state index contributed by atoms with van der Waals surface area (Å²) in [6.45, 7) is 2.89. The minimum absolute atomic E-state index is 0.0321. The Kier molecular flexibility index (Phi) is 5.23. The highest BCUT2D eigenvalue weighted by Gasteiger charge is 2.12. The Balaban J connectivity index is 1.83. The average Bonchev–Trinajstić information content (AvgIpc) is 2.66. The molecule has 0 aliphatic carbocycles. The molecule has 3 aromatic rings. The van der Waals surface area contributed by atoms with Gasteiger partial charge < -0.3 is 10.2 Å². The van der Waals surface area contributed by atoms with E-state index < -0.39 is 0 Å². The number of anilines is 2. The fourth-order valence-electron chi connectivity index (χ4n) is 2.69. The van der Waals surface area contributed by atoms with E-state index in [1.165, 1.54) is 6.33 Å². The molecule has 1 amide bonds. The van der Waals surface area contributed by atoms with E-state index in [4.69, 9.17) is 0 Å². The first kappa shape index (κ1) is 16.9. The van der Waals surface area contributed by atoms with Gasteiger partial charge in [-0.25, -0.2) is 9.97 Å². The maximum atomic E-state index is 12.5. The maximum Gasteiger partial charge on any atom is 0.253 e. The number of para-hydroxylation sites is 1. The standard InChI is InChI=1S/C20H22N4O/c1-3-4-12-24(2)20(25)15-8-7-9-16(13-15)23-19-17-10-5-6-11-18(17)21-14-22-19/h5-11,13-14H,3-4,12H2,1-2H3,(H,21,22,23). The summed E-state index contributed by atoms with van der Waals surface area (Å²) in [6.07, 6.45) is 3.62. The molecule has 0 fully saturated rings. The van der Waals surface area contributed by atoms with Gasteiger partial charge in [0, 0.05) is 30.2 Å². The molecule has 0 radical (unpaired) electrons. The predicted octanol–water partition coefficient (Wildman–Crippen LogP) is 4.25. The second-order valence-electron chi connectivity index (χ2n) is 6.03. The van der Waals surface area contributed by atoms with E-state index >= 15 is 0 Å². The van der Waals surface area contributed by atoms with Crippen LogP contribution in [0.4, 0.5) is 11.5 Å². The molecule has 25 heavy (non-hydrogen) atoms. The number of carbonyl (C=O) groups excluding carboxylic acids is 1. The van der Waals surface area contributed by atoms with Gasteiger partial charge >= 0.3 is 0 Å². The van der Waals surface area contributed by atoms with Gasteiger partial charge in [0.25, 0.3) is 5.91 Å². The lowest BCUT2D eigenvalue weighted by Crippen LogP contribution is -2.27. The third-order valence-electron chi connectivity index (χ3n) is 4.11. The summed E-state index contributed by atoms with van der Waals surface area (Å²) in [6, 6.07) is 15.3. The predicted molar refractivity (Wildman–Crippen MR) is 101 cm³/mol. The van der Waals surface area contributed by atoms with Crippen LogP contribution < -0.4 is 5.32 Å². The summed E-state index contributed by atoms with van der Waals surface area (Å²) >= 11 is 0. The first-order chi connectivity index (χ1) is 12.2. The van der Waals surface area contributed by atoms with Gasteiger partial charge in [-0.15, -0.1) is 0 Å². The number of nitrogens with zero attached hydrogens (tertiary/aromatic N) is 3. The van der Waals surface area contributed by atoms with E-state index in [0.29, 0.717) is 5.56 Å². The Hall–Kier alpha value is -2.95. The van der Waals surface area contributed by atoms with Gasteiger partial charge in [0.05, 0.1) is 5.52 Å². The highest BCUT2D eigenvalue weighted by atomic mass is 16.2. The Labute approximate surface area is 147 Å². The highest BCUT2D eigenvalue weighted by molar-refractivity contribution is 5.96. The van der Waals surface area contributed by atoms with E-state index in [1.54, 1.807) is 4.90 Å². The van der Waals surface area contributed by atoms with Crippen molar-refractivity contribution in [3.63, 3.8) is 0 Å². The van der Waals surface area contributed by atoms with Crippen molar-refractivity contribution in [3.05, 3.63) is 60.4 Å². The number of nitrogens with one attached hydrogen (secondary N) is 1. The van der Waals surface area contributed by atoms with Gasteiger partial charge in [-0.2, -0.15) is 0 Å². The molecule has 1 aromatic heterocycles. The molecule has 0 saturated heterocycles. The van der Waals surface area contributed by atoms with Crippen LogP contribution in [-0.4, -0.2) is 34.4 Å². The van der Waals surface area contributed by atoms with Crippen LogP contribution in [0.15, 0.2) is 54.9 Å². The summed E-state index contributed by atoms with van der Waals surface area (Å²) in [7, 11) is 1.84. The molecular weight excluding hydrogens is 312 g/mol. The van der Waals surface area contributed by atoms with Crippen LogP contribution in [0.5, 0.6) is 0 Å². The molecule has 2 aromatic carbocycles. The quantitative estimate of drug-likeness (QED) is 0.732. The number of hydrogen-bond donors (Lipinski definition) is 1. The molecule has 0 spiro atoms. The molecule has 5 nitrogen and oxygen atoms in total. The summed E-state index contributed by atoms with van der Waals surface area (Å²) in [5.74, 6) is 0.763. The summed E-state index contributed by atoms with van der Waals surface area (Å²) in [4.78, 5) is 22.9. The normalized spacial score (nSPS) is 10.6. The monoisotopic (exact) mass is 334 g/mol. The van der Waals surface area contributed by atoms with Crippen molar-refractivity contribution in [2.45, 2.75) is 19.8 Å². The molecule has 1 N–H and O–H groups in total. The van der Waals surface area contributed by atoms with Crippen LogP contribution in [0, 0.1) is 0 Å². The van der Waals surface area contributed by atoms with Gasteiger partial charge in [0.1, 0.15) is 12.1 Å². The highest BCUT2D eigenvalue weighted by Crippen LogP contribution is 2.23. The van der Waals surface area contributed by atoms with E-state index in [0.717, 1.165) is 41.8 Å². The molecule has 0 unspecified atom stereocenters. The fraction of sp³-hybridized carbons (Fsp3) is 0.250. The second kappa shape index (κ2) is 7.75. The van der Waals surface area contributed by atoms with Crippen LogP contribution in [0.2, 0.25) is 0 Å². The van der Waals surface area contributed by atoms with Crippen molar-refractivity contribution in [3.8, 4) is 0 Å². The number of unbranched alkanes of at least 4 members (excludes halogenated alkanes) is 1. The fourth-order valence-corrected chi connectivity index (χ4v) is 2.69. The zero-order valence-electron chi connectivity index (χ0n) is 14.6. The molecule has 128 valence electrons. The maximum absolute atomic E-state index is 12.5. The first-order valence-corrected chi connectivity index (χ1v) is 8.51. The number of fused-ring (bicyclic) bond motifs is 1. The lowest BCUT2D eigenvalue weighted by molar-refractivity contribution is 0.0793. The molecule has 0 bridgehead atoms. The number of amides is 1. The molecule has 0 atom stereocenters. The summed E-state index contributed by atoms with van der Waals surface area (Å²) < 4.78 is 0. The smallest absolute Gasteiger partial charge is 0.253 e. The van der Waals surface area contributed by atoms with Crippen LogP contribution in [0.3, 0.4) is 0 Å². The van der Waals surface area contributed by atoms with E-state index in [2.05, 4.69) is 22.2 Å². The van der Waals surface area contributed by atoms with Crippen LogP contribution in [0.1, 0.15) is 30.1 Å². The molecule has 3 rings (SSSR count). The van der Waals surface area contributed by atoms with E-state index in [1.807, 2.05) is 55.6 Å². The van der Waals surface area contributed by atoms with Gasteiger partial charge in [0.15, 0.2) is 0 Å². The third-order valence-corrected chi connectivity index (χ3v) is 4.11. The van der Waals surface area contributed by atoms with E-state index in [-0.39, 0.29) is 5.91 Å². The number of aromatic nitrogens is 2. The summed E-state index contributed by atoms with van der Waals surface area (Å²) in [5, 5.41) is 4.25. The van der Waals surface area contributed by atoms with Crippen molar-refractivity contribution in [2.24, 2.45) is 0 Å². The minimum Gasteiger partial charge on any atom is -0.342 e. The van der Waals surface area contributed by atoms with E-state index in [9.17, 15) is 4.79 Å². The van der Waals surface area contributed by atoms with Gasteiger partial charge in [-0.1, -0.05) is 31.5 Å².